The zero-order valence-electron chi connectivity index (χ0n) is 8.01. The fourth-order valence-electron chi connectivity index (χ4n) is 1.19. The molecule has 1 unspecified atom stereocenters. The molecule has 0 radical (unpaired) electrons. The molecular weight excluding hydrogens is 466 g/mol. The molecule has 0 aliphatic heterocycles. The Hall–Kier alpha value is 1.16. The maximum Gasteiger partial charge on any atom is 0.0859 e. The van der Waals surface area contributed by atoms with Crippen LogP contribution in [-0.2, 0) is 6.42 Å². The third-order valence-corrected chi connectivity index (χ3v) is 8.03. The molecule has 0 saturated heterocycles. The van der Waals surface area contributed by atoms with E-state index in [1.807, 2.05) is 0 Å². The van der Waals surface area contributed by atoms with Gasteiger partial charge in [0.25, 0.3) is 0 Å². The standard InChI is InChI=1S/C11H13BrI2/c1-2-11(13,14)10(12)8-9-6-4-3-5-7-9/h3-7,10H,2,8H2,1H3. The highest BCUT2D eigenvalue weighted by Crippen LogP contribution is 2.40. The molecule has 0 heterocycles. The molecule has 0 amide bonds. The predicted octanol–water partition coefficient (Wildman–Crippen LogP) is 4.97. The van der Waals surface area contributed by atoms with Gasteiger partial charge in [0, 0.05) is 4.83 Å². The molecule has 0 bridgehead atoms. The van der Waals surface area contributed by atoms with Gasteiger partial charge in [-0.05, 0) is 18.4 Å². The number of alkyl halides is 3. The van der Waals surface area contributed by atoms with Crippen molar-refractivity contribution < 1.29 is 0 Å². The Morgan fingerprint density at radius 2 is 1.86 bits per heavy atom. The van der Waals surface area contributed by atoms with Gasteiger partial charge in [-0.3, -0.25) is 0 Å². The van der Waals surface area contributed by atoms with Gasteiger partial charge in [0.05, 0.1) is 1.43 Å². The molecule has 1 aromatic rings. The second kappa shape index (κ2) is 6.03. The van der Waals surface area contributed by atoms with Crippen LogP contribution in [0, 0.1) is 0 Å². The van der Waals surface area contributed by atoms with Crippen LogP contribution in [0.1, 0.15) is 18.9 Å². The van der Waals surface area contributed by atoms with Crippen molar-refractivity contribution in [1.82, 2.24) is 0 Å². The van der Waals surface area contributed by atoms with Crippen LogP contribution in [0.2, 0.25) is 0 Å². The first-order valence-electron chi connectivity index (χ1n) is 4.62. The molecule has 0 saturated carbocycles. The van der Waals surface area contributed by atoms with Gasteiger partial charge in [-0.2, -0.15) is 0 Å². The zero-order valence-corrected chi connectivity index (χ0v) is 13.9. The molecule has 14 heavy (non-hydrogen) atoms. The van der Waals surface area contributed by atoms with Crippen LogP contribution in [0.25, 0.3) is 0 Å². The van der Waals surface area contributed by atoms with E-state index in [2.05, 4.69) is 98.4 Å². The fourth-order valence-corrected chi connectivity index (χ4v) is 2.33. The van der Waals surface area contributed by atoms with E-state index in [1.54, 1.807) is 0 Å². The Morgan fingerprint density at radius 1 is 1.29 bits per heavy atom. The smallest absolute Gasteiger partial charge is 0.0859 e. The number of hydrogen-bond donors (Lipinski definition) is 0. The number of benzene rings is 1. The van der Waals surface area contributed by atoms with Crippen molar-refractivity contribution in [2.45, 2.75) is 26.0 Å². The minimum atomic E-state index is 0.311. The van der Waals surface area contributed by atoms with Crippen molar-refractivity contribution in [3.05, 3.63) is 35.9 Å². The lowest BCUT2D eigenvalue weighted by Crippen LogP contribution is -2.25. The van der Waals surface area contributed by atoms with Gasteiger partial charge >= 0.3 is 0 Å². The summed E-state index contributed by atoms with van der Waals surface area (Å²) >= 11 is 8.85. The normalized spacial score (nSPS) is 14.0. The van der Waals surface area contributed by atoms with E-state index < -0.39 is 0 Å². The summed E-state index contributed by atoms with van der Waals surface area (Å²) in [7, 11) is 0. The lowest BCUT2D eigenvalue weighted by atomic mass is 10.1. The Balaban J connectivity index is 2.62. The molecule has 78 valence electrons. The van der Waals surface area contributed by atoms with Crippen molar-refractivity contribution in [2.75, 3.05) is 0 Å². The van der Waals surface area contributed by atoms with E-state index in [-0.39, 0.29) is 0 Å². The SMILES string of the molecule is CCC(I)(I)C(Br)Cc1ccccc1. The lowest BCUT2D eigenvalue weighted by Gasteiger charge is -2.25. The van der Waals surface area contributed by atoms with Crippen molar-refractivity contribution in [2.24, 2.45) is 0 Å². The highest BCUT2D eigenvalue weighted by molar-refractivity contribution is 14.2. The van der Waals surface area contributed by atoms with E-state index in [9.17, 15) is 0 Å². The van der Waals surface area contributed by atoms with Gasteiger partial charge in [0.15, 0.2) is 0 Å². The van der Waals surface area contributed by atoms with Gasteiger partial charge in [-0.25, -0.2) is 0 Å². The van der Waals surface area contributed by atoms with Crippen LogP contribution < -0.4 is 0 Å². The Bertz CT molecular complexity index is 272. The second-order valence-corrected chi connectivity index (χ2v) is 10.3. The maximum absolute atomic E-state index is 3.78. The molecule has 1 rings (SSSR count). The zero-order chi connectivity index (χ0) is 10.6. The summed E-state index contributed by atoms with van der Waals surface area (Å²) < 4.78 is 0.311. The molecule has 0 aliphatic carbocycles. The minimum Gasteiger partial charge on any atom is -0.0864 e. The van der Waals surface area contributed by atoms with Crippen LogP contribution in [0.5, 0.6) is 0 Å². The van der Waals surface area contributed by atoms with Crippen molar-refractivity contribution in [3.63, 3.8) is 0 Å². The van der Waals surface area contributed by atoms with Gasteiger partial charge in [0.1, 0.15) is 0 Å². The van der Waals surface area contributed by atoms with E-state index in [1.165, 1.54) is 12.0 Å². The monoisotopic (exact) mass is 478 g/mol. The highest BCUT2D eigenvalue weighted by Gasteiger charge is 2.29. The average Bonchev–Trinajstić information content (AvgIpc) is 2.19. The Labute approximate surface area is 122 Å². The van der Waals surface area contributed by atoms with Crippen LogP contribution in [0.15, 0.2) is 30.3 Å². The molecule has 0 nitrogen and oxygen atoms in total. The second-order valence-electron chi connectivity index (χ2n) is 3.27. The third kappa shape index (κ3) is 3.96. The summed E-state index contributed by atoms with van der Waals surface area (Å²) in [4.78, 5) is 0.531. The van der Waals surface area contributed by atoms with Crippen LogP contribution in [0.3, 0.4) is 0 Å². The van der Waals surface area contributed by atoms with Gasteiger partial charge in [-0.15, -0.1) is 0 Å². The molecule has 3 heteroatoms. The van der Waals surface area contributed by atoms with Gasteiger partial charge in [-0.1, -0.05) is 98.4 Å². The first-order valence-corrected chi connectivity index (χ1v) is 7.69. The van der Waals surface area contributed by atoms with Crippen molar-refractivity contribution in [1.29, 1.82) is 0 Å². The average molecular weight is 479 g/mol. The Morgan fingerprint density at radius 3 is 2.36 bits per heavy atom. The fraction of sp³-hybridized carbons (Fsp3) is 0.455. The van der Waals surface area contributed by atoms with E-state index >= 15 is 0 Å². The van der Waals surface area contributed by atoms with Crippen LogP contribution in [-0.4, -0.2) is 6.26 Å². The molecule has 0 spiro atoms. The van der Waals surface area contributed by atoms with Crippen LogP contribution >= 0.6 is 61.1 Å². The highest BCUT2D eigenvalue weighted by atomic mass is 127. The summed E-state index contributed by atoms with van der Waals surface area (Å²) in [6.45, 7) is 2.23. The van der Waals surface area contributed by atoms with E-state index in [4.69, 9.17) is 0 Å². The number of hydrogen-bond acceptors (Lipinski definition) is 0. The molecule has 1 atom stereocenters. The molecule has 0 N–H and O–H groups in total. The summed E-state index contributed by atoms with van der Waals surface area (Å²) in [6, 6.07) is 10.6. The molecule has 0 aromatic heterocycles. The van der Waals surface area contributed by atoms with E-state index in [0.29, 0.717) is 6.26 Å². The number of halogens is 3. The summed E-state index contributed by atoms with van der Waals surface area (Å²) in [5, 5.41) is 0. The minimum absolute atomic E-state index is 0.311. The summed E-state index contributed by atoms with van der Waals surface area (Å²) in [5.41, 5.74) is 1.40. The van der Waals surface area contributed by atoms with Crippen molar-refractivity contribution >= 4 is 61.1 Å². The maximum atomic E-state index is 3.78. The molecule has 1 aromatic carbocycles. The van der Waals surface area contributed by atoms with Crippen LogP contribution in [0.4, 0.5) is 0 Å². The quantitative estimate of drug-likeness (QED) is 0.423. The first-order chi connectivity index (χ1) is 6.56. The largest absolute Gasteiger partial charge is 0.0864 e. The molecular formula is C11H13BrI2. The Kier molecular flexibility index (Phi) is 5.70. The predicted molar refractivity (Wildman–Crippen MR) is 83.9 cm³/mol. The summed E-state index contributed by atoms with van der Waals surface area (Å²) in [5.74, 6) is 0. The third-order valence-electron chi connectivity index (χ3n) is 2.19. The van der Waals surface area contributed by atoms with Gasteiger partial charge in [0.2, 0.25) is 0 Å². The summed E-state index contributed by atoms with van der Waals surface area (Å²) in [6.07, 6.45) is 2.28. The first kappa shape index (κ1) is 13.2. The molecule has 0 fully saturated rings. The molecule has 0 aliphatic rings. The van der Waals surface area contributed by atoms with E-state index in [0.717, 1.165) is 6.42 Å². The lowest BCUT2D eigenvalue weighted by molar-refractivity contribution is 0.766. The number of rotatable bonds is 4. The van der Waals surface area contributed by atoms with Crippen molar-refractivity contribution in [3.8, 4) is 0 Å². The topological polar surface area (TPSA) is 0 Å². The van der Waals surface area contributed by atoms with Gasteiger partial charge < -0.3 is 0 Å².